The Bertz CT molecular complexity index is 793. The highest BCUT2D eigenvalue weighted by Crippen LogP contribution is 2.19. The Kier molecular flexibility index (Phi) is 4.66. The number of nitrogens with zero attached hydrogens (tertiary/aromatic N) is 1. The quantitative estimate of drug-likeness (QED) is 0.902. The SMILES string of the molecule is Cc1cc(O)c(C(=O)Nc2ccccc2)c(=O)n1C[C@@H]1CCCO1. The van der Waals surface area contributed by atoms with Crippen LogP contribution in [-0.4, -0.2) is 28.3 Å². The van der Waals surface area contributed by atoms with Crippen LogP contribution in [0.4, 0.5) is 5.69 Å². The second-order valence-electron chi connectivity index (χ2n) is 5.92. The number of hydrogen-bond acceptors (Lipinski definition) is 4. The van der Waals surface area contributed by atoms with Gasteiger partial charge in [0.1, 0.15) is 11.3 Å². The molecule has 1 aliphatic rings. The molecule has 1 aromatic heterocycles. The molecule has 6 nitrogen and oxygen atoms in total. The van der Waals surface area contributed by atoms with Gasteiger partial charge >= 0.3 is 0 Å². The van der Waals surface area contributed by atoms with Crippen molar-refractivity contribution >= 4 is 11.6 Å². The van der Waals surface area contributed by atoms with Gasteiger partial charge in [0, 0.05) is 24.1 Å². The van der Waals surface area contributed by atoms with E-state index in [9.17, 15) is 14.7 Å². The lowest BCUT2D eigenvalue weighted by Crippen LogP contribution is -2.33. The normalized spacial score (nSPS) is 17.0. The van der Waals surface area contributed by atoms with Gasteiger partial charge in [-0.1, -0.05) is 18.2 Å². The molecule has 2 heterocycles. The van der Waals surface area contributed by atoms with Gasteiger partial charge in [-0.05, 0) is 31.9 Å². The molecule has 1 saturated heterocycles. The first-order chi connectivity index (χ1) is 11.6. The predicted octanol–water partition coefficient (Wildman–Crippen LogP) is 2.29. The molecule has 0 radical (unpaired) electrons. The molecule has 24 heavy (non-hydrogen) atoms. The van der Waals surface area contributed by atoms with E-state index in [0.29, 0.717) is 24.5 Å². The van der Waals surface area contributed by atoms with Crippen molar-refractivity contribution in [3.05, 3.63) is 58.0 Å². The summed E-state index contributed by atoms with van der Waals surface area (Å²) in [6.45, 7) is 2.81. The number of aryl methyl sites for hydroxylation is 1. The summed E-state index contributed by atoms with van der Waals surface area (Å²) in [4.78, 5) is 25.2. The molecule has 0 saturated carbocycles. The molecule has 6 heteroatoms. The Morgan fingerprint density at radius 3 is 2.79 bits per heavy atom. The molecule has 2 aromatic rings. The lowest BCUT2D eigenvalue weighted by Gasteiger charge is -2.16. The van der Waals surface area contributed by atoms with Crippen LogP contribution >= 0.6 is 0 Å². The van der Waals surface area contributed by atoms with Crippen LogP contribution in [0.5, 0.6) is 5.75 Å². The minimum Gasteiger partial charge on any atom is -0.507 e. The number of benzene rings is 1. The number of rotatable bonds is 4. The largest absolute Gasteiger partial charge is 0.507 e. The van der Waals surface area contributed by atoms with E-state index >= 15 is 0 Å². The Balaban J connectivity index is 1.92. The highest BCUT2D eigenvalue weighted by Gasteiger charge is 2.23. The summed E-state index contributed by atoms with van der Waals surface area (Å²) < 4.78 is 7.07. The van der Waals surface area contributed by atoms with Crippen molar-refractivity contribution in [1.82, 2.24) is 4.57 Å². The van der Waals surface area contributed by atoms with Crippen LogP contribution < -0.4 is 10.9 Å². The molecule has 126 valence electrons. The zero-order valence-electron chi connectivity index (χ0n) is 13.5. The molecule has 0 unspecified atom stereocenters. The van der Waals surface area contributed by atoms with Crippen molar-refractivity contribution in [3.8, 4) is 5.75 Å². The van der Waals surface area contributed by atoms with Crippen molar-refractivity contribution in [2.45, 2.75) is 32.4 Å². The smallest absolute Gasteiger partial charge is 0.267 e. The Labute approximate surface area is 139 Å². The first-order valence-corrected chi connectivity index (χ1v) is 7.97. The second-order valence-corrected chi connectivity index (χ2v) is 5.92. The zero-order valence-corrected chi connectivity index (χ0v) is 13.5. The maximum atomic E-state index is 12.7. The maximum Gasteiger partial charge on any atom is 0.267 e. The molecule has 1 atom stereocenters. The van der Waals surface area contributed by atoms with E-state index < -0.39 is 11.5 Å². The predicted molar refractivity (Wildman–Crippen MR) is 90.5 cm³/mol. The molecule has 3 rings (SSSR count). The first-order valence-electron chi connectivity index (χ1n) is 7.97. The van der Waals surface area contributed by atoms with Crippen LogP contribution in [0.15, 0.2) is 41.2 Å². The van der Waals surface area contributed by atoms with E-state index in [1.807, 2.05) is 6.07 Å². The topological polar surface area (TPSA) is 80.6 Å². The van der Waals surface area contributed by atoms with Gasteiger partial charge in [-0.3, -0.25) is 9.59 Å². The molecule has 0 spiro atoms. The standard InChI is InChI=1S/C18H20N2O4/c1-12-10-15(21)16(17(22)19-13-6-3-2-4-7-13)18(23)20(12)11-14-8-5-9-24-14/h2-4,6-7,10,14,21H,5,8-9,11H2,1H3,(H,19,22)/t14-/m0/s1. The molecule has 1 aromatic carbocycles. The van der Waals surface area contributed by atoms with Gasteiger partial charge in [0.2, 0.25) is 0 Å². The highest BCUT2D eigenvalue weighted by atomic mass is 16.5. The summed E-state index contributed by atoms with van der Waals surface area (Å²) in [5.74, 6) is -0.931. The van der Waals surface area contributed by atoms with Gasteiger partial charge < -0.3 is 19.7 Å². The lowest BCUT2D eigenvalue weighted by molar-refractivity contribution is 0.0946. The molecule has 0 bridgehead atoms. The minimum atomic E-state index is -0.621. The molecular weight excluding hydrogens is 308 g/mol. The molecular formula is C18H20N2O4. The first kappa shape index (κ1) is 16.3. The van der Waals surface area contributed by atoms with Gasteiger partial charge in [0.15, 0.2) is 0 Å². The number of anilines is 1. The van der Waals surface area contributed by atoms with Crippen LogP contribution in [0, 0.1) is 6.92 Å². The fourth-order valence-corrected chi connectivity index (χ4v) is 2.90. The number of aromatic nitrogens is 1. The monoisotopic (exact) mass is 328 g/mol. The molecule has 1 amide bonds. The number of nitrogens with one attached hydrogen (secondary N) is 1. The van der Waals surface area contributed by atoms with Crippen LogP contribution in [0.1, 0.15) is 28.9 Å². The minimum absolute atomic E-state index is 0.0315. The van der Waals surface area contributed by atoms with Crippen LogP contribution in [-0.2, 0) is 11.3 Å². The van der Waals surface area contributed by atoms with Crippen molar-refractivity contribution in [2.75, 3.05) is 11.9 Å². The van der Waals surface area contributed by atoms with Crippen molar-refractivity contribution < 1.29 is 14.6 Å². The van der Waals surface area contributed by atoms with E-state index in [2.05, 4.69) is 5.32 Å². The van der Waals surface area contributed by atoms with Crippen molar-refractivity contribution in [1.29, 1.82) is 0 Å². The summed E-state index contributed by atoms with van der Waals surface area (Å²) in [5, 5.41) is 12.7. The molecule has 1 aliphatic heterocycles. The number of aromatic hydroxyl groups is 1. The van der Waals surface area contributed by atoms with E-state index in [4.69, 9.17) is 4.74 Å². The van der Waals surface area contributed by atoms with E-state index in [0.717, 1.165) is 12.8 Å². The van der Waals surface area contributed by atoms with Crippen molar-refractivity contribution in [2.24, 2.45) is 0 Å². The molecule has 1 fully saturated rings. The van der Waals surface area contributed by atoms with Gasteiger partial charge in [0.05, 0.1) is 12.6 Å². The van der Waals surface area contributed by atoms with Crippen LogP contribution in [0.2, 0.25) is 0 Å². The third kappa shape index (κ3) is 3.33. The number of ether oxygens (including phenoxy) is 1. The number of amides is 1. The average molecular weight is 328 g/mol. The lowest BCUT2D eigenvalue weighted by atomic mass is 10.1. The third-order valence-corrected chi connectivity index (χ3v) is 4.16. The van der Waals surface area contributed by atoms with Gasteiger partial charge in [-0.15, -0.1) is 0 Å². The van der Waals surface area contributed by atoms with Gasteiger partial charge in [-0.2, -0.15) is 0 Å². The summed E-state index contributed by atoms with van der Waals surface area (Å²) in [5.41, 5.74) is 0.413. The Hall–Kier alpha value is -2.60. The van der Waals surface area contributed by atoms with Crippen LogP contribution in [0.25, 0.3) is 0 Å². The number of hydrogen-bond donors (Lipinski definition) is 2. The summed E-state index contributed by atoms with van der Waals surface area (Å²) in [7, 11) is 0. The summed E-state index contributed by atoms with van der Waals surface area (Å²) >= 11 is 0. The fraction of sp³-hybridized carbons (Fsp3) is 0.333. The van der Waals surface area contributed by atoms with Gasteiger partial charge in [0.25, 0.3) is 11.5 Å². The number of pyridine rings is 1. The maximum absolute atomic E-state index is 12.7. The van der Waals surface area contributed by atoms with Crippen LogP contribution in [0.3, 0.4) is 0 Å². The highest BCUT2D eigenvalue weighted by molar-refractivity contribution is 6.05. The zero-order chi connectivity index (χ0) is 17.1. The summed E-state index contributed by atoms with van der Waals surface area (Å²) in [6, 6.07) is 10.3. The van der Waals surface area contributed by atoms with E-state index in [1.165, 1.54) is 10.6 Å². The number of carbonyl (C=O) groups excluding carboxylic acids is 1. The number of carbonyl (C=O) groups is 1. The fourth-order valence-electron chi connectivity index (χ4n) is 2.90. The van der Waals surface area contributed by atoms with E-state index in [1.54, 1.807) is 31.2 Å². The molecule has 0 aliphatic carbocycles. The van der Waals surface area contributed by atoms with Gasteiger partial charge in [-0.25, -0.2) is 0 Å². The third-order valence-electron chi connectivity index (χ3n) is 4.16. The van der Waals surface area contributed by atoms with E-state index in [-0.39, 0.29) is 17.4 Å². The molecule has 2 N–H and O–H groups in total. The number of para-hydroxylation sites is 1. The Morgan fingerprint density at radius 2 is 2.12 bits per heavy atom. The summed E-state index contributed by atoms with van der Waals surface area (Å²) in [6.07, 6.45) is 1.83. The van der Waals surface area contributed by atoms with Crippen molar-refractivity contribution in [3.63, 3.8) is 0 Å². The Morgan fingerprint density at radius 1 is 1.38 bits per heavy atom. The second kappa shape index (κ2) is 6.88. The average Bonchev–Trinajstić information content (AvgIpc) is 3.05.